The highest BCUT2D eigenvalue weighted by molar-refractivity contribution is 5.98. The Morgan fingerprint density at radius 2 is 1.02 bits per heavy atom. The van der Waals surface area contributed by atoms with Crippen molar-refractivity contribution in [1.29, 1.82) is 0 Å². The van der Waals surface area contributed by atoms with Gasteiger partial charge in [0.05, 0.1) is 25.2 Å². The highest BCUT2D eigenvalue weighted by Gasteiger charge is 2.35. The third-order valence-electron chi connectivity index (χ3n) is 8.37. The largest absolute Gasteiger partial charge is 0.481 e. The number of guanidine groups is 2. The van der Waals surface area contributed by atoms with Crippen molar-refractivity contribution in [3.05, 3.63) is 0 Å². The molecule has 0 fully saturated rings. The van der Waals surface area contributed by atoms with E-state index < -0.39 is 128 Å². The topological polar surface area (TPSA) is 482 Å². The standard InChI is InChI=1S/C34H61N13O14/c1-15(2)12-20(29(57)47-25(16(3)49)31(59)43-19(32(60)61)7-5-11-41-34(38)39)44-27(55)18(8-9-23(50)51)42-28(56)21(13-24(52)53)45-30(58)22(14-48)46-26(54)17(35)6-4-10-40-33(36)37/h15-22,25,48-49H,4-14,35H2,1-3H3,(H,42,56)(H,43,59)(H,44,55)(H,45,58)(H,46,54)(H,47,57)(H,50,51)(H,52,53)(H,60,61)(H4,36,37,40)(H4,38,39,41)/t16-,17+,18+,19+,20+,21+,22+,25+/m1/s1. The molecule has 0 aromatic heterocycles. The third kappa shape index (κ3) is 23.1. The number of amides is 6. The molecule has 0 heterocycles. The van der Waals surface area contributed by atoms with Gasteiger partial charge in [0.2, 0.25) is 35.4 Å². The predicted octanol–water partition coefficient (Wildman–Crippen LogP) is -6.83. The Hall–Kier alpha value is -6.35. The van der Waals surface area contributed by atoms with E-state index in [1.807, 2.05) is 0 Å². The summed E-state index contributed by atoms with van der Waals surface area (Å²) in [7, 11) is 0. The van der Waals surface area contributed by atoms with Crippen LogP contribution in [0.3, 0.4) is 0 Å². The van der Waals surface area contributed by atoms with Gasteiger partial charge < -0.3 is 86.1 Å². The minimum atomic E-state index is -1.97. The molecule has 0 aromatic rings. The lowest BCUT2D eigenvalue weighted by Crippen LogP contribution is -2.61. The maximum absolute atomic E-state index is 13.6. The fraction of sp³-hybridized carbons (Fsp3) is 0.676. The van der Waals surface area contributed by atoms with Crippen molar-refractivity contribution in [2.75, 3.05) is 19.7 Å². The molecule has 0 saturated heterocycles. The smallest absolute Gasteiger partial charge is 0.326 e. The number of hydrogen-bond acceptors (Lipinski definition) is 14. The molecule has 21 N–H and O–H groups in total. The molecule has 0 spiro atoms. The Balaban J connectivity index is 6.20. The molecule has 0 aromatic carbocycles. The molecule has 27 nitrogen and oxygen atoms in total. The zero-order valence-electron chi connectivity index (χ0n) is 34.2. The number of nitrogens with two attached hydrogens (primary N) is 5. The Morgan fingerprint density at radius 3 is 1.49 bits per heavy atom. The molecule has 0 radical (unpaired) electrons. The highest BCUT2D eigenvalue weighted by Crippen LogP contribution is 2.10. The van der Waals surface area contributed by atoms with Crippen molar-refractivity contribution in [3.8, 4) is 0 Å². The van der Waals surface area contributed by atoms with Crippen molar-refractivity contribution < 1.29 is 68.7 Å². The van der Waals surface area contributed by atoms with E-state index in [1.54, 1.807) is 13.8 Å². The molecule has 0 rings (SSSR count). The number of rotatable bonds is 30. The third-order valence-corrected chi connectivity index (χ3v) is 8.37. The summed E-state index contributed by atoms with van der Waals surface area (Å²) < 4.78 is 0. The number of aliphatic carboxylic acids is 3. The first-order valence-corrected chi connectivity index (χ1v) is 19.0. The molecular weight excluding hydrogens is 814 g/mol. The van der Waals surface area contributed by atoms with E-state index in [0.717, 1.165) is 6.92 Å². The minimum absolute atomic E-state index is 0.0441. The first-order chi connectivity index (χ1) is 28.4. The monoisotopic (exact) mass is 875 g/mol. The molecule has 8 atom stereocenters. The average molecular weight is 876 g/mol. The lowest BCUT2D eigenvalue weighted by atomic mass is 10.0. The van der Waals surface area contributed by atoms with Crippen LogP contribution in [0, 0.1) is 5.92 Å². The van der Waals surface area contributed by atoms with Crippen molar-refractivity contribution in [1.82, 2.24) is 31.9 Å². The van der Waals surface area contributed by atoms with Crippen molar-refractivity contribution >= 4 is 65.3 Å². The summed E-state index contributed by atoms with van der Waals surface area (Å²) in [6.45, 7) is 3.59. The number of aliphatic hydroxyl groups is 2. The van der Waals surface area contributed by atoms with Gasteiger partial charge in [-0.15, -0.1) is 0 Å². The molecule has 0 bridgehead atoms. The Bertz CT molecular complexity index is 1590. The first-order valence-electron chi connectivity index (χ1n) is 19.0. The van der Waals surface area contributed by atoms with Gasteiger partial charge in [-0.3, -0.25) is 48.3 Å². The van der Waals surface area contributed by atoms with Gasteiger partial charge >= 0.3 is 17.9 Å². The summed E-state index contributed by atoms with van der Waals surface area (Å²) >= 11 is 0. The van der Waals surface area contributed by atoms with Gasteiger partial charge in [-0.25, -0.2) is 4.79 Å². The lowest BCUT2D eigenvalue weighted by molar-refractivity contribution is -0.143. The molecule has 0 aliphatic carbocycles. The van der Waals surface area contributed by atoms with Gasteiger partial charge in [-0.2, -0.15) is 0 Å². The first kappa shape index (κ1) is 54.6. The number of carbonyl (C=O) groups is 9. The number of carbonyl (C=O) groups excluding carboxylic acids is 6. The predicted molar refractivity (Wildman–Crippen MR) is 214 cm³/mol. The molecular formula is C34H61N13O14. The number of carboxylic acid groups (broad SMARTS) is 3. The second-order valence-electron chi connectivity index (χ2n) is 14.2. The fourth-order valence-corrected chi connectivity index (χ4v) is 5.25. The quantitative estimate of drug-likeness (QED) is 0.0181. The molecule has 0 saturated carbocycles. The summed E-state index contributed by atoms with van der Waals surface area (Å²) in [6.07, 6.45) is -3.86. The van der Waals surface area contributed by atoms with Crippen LogP contribution in [0.2, 0.25) is 0 Å². The van der Waals surface area contributed by atoms with Gasteiger partial charge in [-0.05, 0) is 51.4 Å². The van der Waals surface area contributed by atoms with Crippen LogP contribution >= 0.6 is 0 Å². The second-order valence-corrected chi connectivity index (χ2v) is 14.2. The molecule has 6 amide bonds. The van der Waals surface area contributed by atoms with Gasteiger partial charge in [0.15, 0.2) is 11.9 Å². The van der Waals surface area contributed by atoms with Crippen LogP contribution in [-0.4, -0.2) is 159 Å². The van der Waals surface area contributed by atoms with Crippen molar-refractivity contribution in [3.63, 3.8) is 0 Å². The highest BCUT2D eigenvalue weighted by atomic mass is 16.4. The number of aliphatic hydroxyl groups excluding tert-OH is 2. The molecule has 0 unspecified atom stereocenters. The van der Waals surface area contributed by atoms with E-state index >= 15 is 0 Å². The number of aliphatic imine (C=N–C) groups is 2. The summed E-state index contributed by atoms with van der Waals surface area (Å²) in [5.74, 6) is -12.0. The maximum Gasteiger partial charge on any atom is 0.326 e. The van der Waals surface area contributed by atoms with Gasteiger partial charge in [-0.1, -0.05) is 13.8 Å². The zero-order valence-corrected chi connectivity index (χ0v) is 34.2. The number of nitrogens with one attached hydrogen (secondary N) is 6. The average Bonchev–Trinajstić information content (AvgIpc) is 3.15. The summed E-state index contributed by atoms with van der Waals surface area (Å²) in [5.41, 5.74) is 26.8. The lowest BCUT2D eigenvalue weighted by Gasteiger charge is -2.28. The Labute approximate surface area is 350 Å². The fourth-order valence-electron chi connectivity index (χ4n) is 5.25. The maximum atomic E-state index is 13.6. The van der Waals surface area contributed by atoms with Gasteiger partial charge in [0.25, 0.3) is 0 Å². The van der Waals surface area contributed by atoms with Crippen LogP contribution in [0.25, 0.3) is 0 Å². The molecule has 61 heavy (non-hydrogen) atoms. The number of carboxylic acids is 3. The van der Waals surface area contributed by atoms with Crippen molar-refractivity contribution in [2.24, 2.45) is 44.6 Å². The van der Waals surface area contributed by atoms with Crippen LogP contribution in [0.15, 0.2) is 9.98 Å². The molecule has 0 aliphatic rings. The van der Waals surface area contributed by atoms with E-state index in [1.165, 1.54) is 0 Å². The van der Waals surface area contributed by atoms with Crippen LogP contribution in [0.5, 0.6) is 0 Å². The van der Waals surface area contributed by atoms with Gasteiger partial charge in [0.1, 0.15) is 36.3 Å². The normalized spacial score (nSPS) is 14.8. The van der Waals surface area contributed by atoms with E-state index in [0.29, 0.717) is 0 Å². The van der Waals surface area contributed by atoms with E-state index in [9.17, 15) is 68.7 Å². The molecule has 0 aliphatic heterocycles. The summed E-state index contributed by atoms with van der Waals surface area (Å²) in [5, 5.41) is 61.9. The Morgan fingerprint density at radius 1 is 0.557 bits per heavy atom. The summed E-state index contributed by atoms with van der Waals surface area (Å²) in [6, 6.07) is -11.4. The molecule has 346 valence electrons. The van der Waals surface area contributed by atoms with Crippen LogP contribution < -0.4 is 60.6 Å². The molecule has 27 heteroatoms. The van der Waals surface area contributed by atoms with Crippen LogP contribution in [-0.2, 0) is 43.2 Å². The zero-order chi connectivity index (χ0) is 47.0. The number of nitrogens with zero attached hydrogens (tertiary/aromatic N) is 2. The SMILES string of the molecule is CC(C)C[C@H](NC(=O)[C@H](CCC(=O)O)NC(=O)[C@H](CC(=O)O)NC(=O)[C@H](CO)NC(=O)[C@@H](N)CCCN=C(N)N)C(=O)N[C@H](C(=O)N[C@@H](CCCN=C(N)N)C(=O)O)[C@@H](C)O. The van der Waals surface area contributed by atoms with Crippen molar-refractivity contribution in [2.45, 2.75) is 121 Å². The number of hydrogen-bond donors (Lipinski definition) is 16. The second kappa shape index (κ2) is 28.2. The summed E-state index contributed by atoms with van der Waals surface area (Å²) in [4.78, 5) is 122. The minimum Gasteiger partial charge on any atom is -0.481 e. The van der Waals surface area contributed by atoms with Crippen LogP contribution in [0.4, 0.5) is 0 Å². The van der Waals surface area contributed by atoms with E-state index in [-0.39, 0.29) is 63.0 Å². The van der Waals surface area contributed by atoms with E-state index in [4.69, 9.17) is 28.7 Å². The van der Waals surface area contributed by atoms with Crippen LogP contribution in [0.1, 0.15) is 72.1 Å². The van der Waals surface area contributed by atoms with Gasteiger partial charge in [0, 0.05) is 19.5 Å². The Kier molecular flexibility index (Phi) is 25.2. The van der Waals surface area contributed by atoms with E-state index in [2.05, 4.69) is 41.9 Å².